The fourth-order valence-electron chi connectivity index (χ4n) is 1.79. The maximum Gasteiger partial charge on any atom is 0.411 e. The molecule has 2 rings (SSSR count). The summed E-state index contributed by atoms with van der Waals surface area (Å²) in [6, 6.07) is 12.1. The highest BCUT2D eigenvalue weighted by atomic mass is 35.5. The second-order valence-corrected chi connectivity index (χ2v) is 4.32. The lowest BCUT2D eigenvalue weighted by atomic mass is 10.2. The van der Waals surface area contributed by atoms with Gasteiger partial charge in [0.1, 0.15) is 5.69 Å². The van der Waals surface area contributed by atoms with Crippen LogP contribution in [0, 0.1) is 6.92 Å². The van der Waals surface area contributed by atoms with Crippen molar-refractivity contribution in [1.82, 2.24) is 0 Å². The van der Waals surface area contributed by atoms with Crippen molar-refractivity contribution in [3.05, 3.63) is 59.9 Å². The van der Waals surface area contributed by atoms with E-state index in [4.69, 9.17) is 0 Å². The van der Waals surface area contributed by atoms with Crippen LogP contribution in [0.1, 0.15) is 11.1 Å². The number of rotatable bonds is 3. The van der Waals surface area contributed by atoms with Crippen LogP contribution in [0.25, 0.3) is 0 Å². The standard InChI is InChI=1S/C15H16N2O2.ClH/c1-12-8-9-17(10-13-6-4-3-5-7-13)11-14(12)16-15(18)19-2;/h3-9,11H,10H2,1-2H3;1H. The number of benzene rings is 1. The third kappa shape index (κ3) is 4.24. The minimum Gasteiger partial charge on any atom is -1.00 e. The molecule has 0 fully saturated rings. The summed E-state index contributed by atoms with van der Waals surface area (Å²) in [6.45, 7) is 2.70. The molecule has 1 aromatic carbocycles. The number of amides is 1. The minimum atomic E-state index is -0.458. The fourth-order valence-corrected chi connectivity index (χ4v) is 1.79. The van der Waals surface area contributed by atoms with Gasteiger partial charge in [-0.1, -0.05) is 30.3 Å². The maximum atomic E-state index is 11.3. The molecule has 0 aliphatic heterocycles. The lowest BCUT2D eigenvalue weighted by Crippen LogP contribution is -3.00. The highest BCUT2D eigenvalue weighted by molar-refractivity contribution is 5.84. The van der Waals surface area contributed by atoms with Crippen molar-refractivity contribution in [2.24, 2.45) is 0 Å². The van der Waals surface area contributed by atoms with Gasteiger partial charge in [-0.05, 0) is 12.5 Å². The normalized spacial score (nSPS) is 9.50. The summed E-state index contributed by atoms with van der Waals surface area (Å²) in [5, 5.41) is 2.70. The van der Waals surface area contributed by atoms with Crippen LogP contribution in [-0.2, 0) is 11.3 Å². The number of hydrogen-bond acceptors (Lipinski definition) is 2. The molecule has 0 radical (unpaired) electrons. The second kappa shape index (κ2) is 7.50. The van der Waals surface area contributed by atoms with Crippen LogP contribution in [0.5, 0.6) is 0 Å². The van der Waals surface area contributed by atoms with E-state index >= 15 is 0 Å². The van der Waals surface area contributed by atoms with Crippen molar-refractivity contribution in [3.8, 4) is 0 Å². The summed E-state index contributed by atoms with van der Waals surface area (Å²) in [5.41, 5.74) is 2.96. The summed E-state index contributed by atoms with van der Waals surface area (Å²) in [7, 11) is 1.35. The molecule has 0 aliphatic rings. The number of anilines is 1. The monoisotopic (exact) mass is 292 g/mol. The number of halogens is 1. The van der Waals surface area contributed by atoms with Gasteiger partial charge in [-0.2, -0.15) is 4.57 Å². The first-order valence-electron chi connectivity index (χ1n) is 6.07. The maximum absolute atomic E-state index is 11.3. The van der Waals surface area contributed by atoms with Gasteiger partial charge in [0.05, 0.1) is 7.11 Å². The van der Waals surface area contributed by atoms with Gasteiger partial charge >= 0.3 is 6.09 Å². The molecule has 20 heavy (non-hydrogen) atoms. The third-order valence-electron chi connectivity index (χ3n) is 2.87. The van der Waals surface area contributed by atoms with Crippen LogP contribution in [0.3, 0.4) is 0 Å². The molecule has 0 unspecified atom stereocenters. The molecule has 0 atom stereocenters. The number of carbonyl (C=O) groups is 1. The van der Waals surface area contributed by atoms with Crippen LogP contribution in [-0.4, -0.2) is 13.2 Å². The van der Waals surface area contributed by atoms with E-state index in [1.807, 2.05) is 48.1 Å². The van der Waals surface area contributed by atoms with Crippen molar-refractivity contribution in [2.45, 2.75) is 13.5 Å². The zero-order valence-corrected chi connectivity index (χ0v) is 12.2. The van der Waals surface area contributed by atoms with Crippen LogP contribution in [0.4, 0.5) is 10.5 Å². The van der Waals surface area contributed by atoms with Crippen LogP contribution < -0.4 is 22.3 Å². The fraction of sp³-hybridized carbons (Fsp3) is 0.200. The molecule has 106 valence electrons. The molecular formula is C15H17ClN2O2. The van der Waals surface area contributed by atoms with E-state index in [0.717, 1.165) is 17.8 Å². The van der Waals surface area contributed by atoms with Crippen LogP contribution in [0.15, 0.2) is 48.8 Å². The predicted molar refractivity (Wildman–Crippen MR) is 72.9 cm³/mol. The smallest absolute Gasteiger partial charge is 0.411 e. The zero-order valence-electron chi connectivity index (χ0n) is 11.5. The number of aromatic nitrogens is 1. The molecule has 1 aromatic heterocycles. The van der Waals surface area contributed by atoms with Crippen molar-refractivity contribution in [3.63, 3.8) is 0 Å². The first-order valence-corrected chi connectivity index (χ1v) is 6.07. The van der Waals surface area contributed by atoms with E-state index < -0.39 is 6.09 Å². The van der Waals surface area contributed by atoms with Gasteiger partial charge in [0.2, 0.25) is 0 Å². The quantitative estimate of drug-likeness (QED) is 0.776. The Labute approximate surface area is 124 Å². The SMILES string of the molecule is COC(=O)Nc1c[n+](Cc2ccccc2)ccc1C.[Cl-]. The molecule has 5 heteroatoms. The Morgan fingerprint density at radius 2 is 1.95 bits per heavy atom. The van der Waals surface area contributed by atoms with Crippen molar-refractivity contribution in [2.75, 3.05) is 12.4 Å². The Kier molecular flexibility index (Phi) is 6.00. The Balaban J connectivity index is 0.00000200. The van der Waals surface area contributed by atoms with Gasteiger partial charge in [0.15, 0.2) is 18.9 Å². The zero-order chi connectivity index (χ0) is 13.7. The molecule has 1 heterocycles. The minimum absolute atomic E-state index is 0. The number of nitrogens with zero attached hydrogens (tertiary/aromatic N) is 1. The number of carbonyl (C=O) groups excluding carboxylic acids is 1. The predicted octanol–water partition coefficient (Wildman–Crippen LogP) is -0.487. The molecule has 4 nitrogen and oxygen atoms in total. The lowest BCUT2D eigenvalue weighted by Gasteiger charge is -2.06. The van der Waals surface area contributed by atoms with E-state index in [1.165, 1.54) is 12.7 Å². The van der Waals surface area contributed by atoms with Crippen LogP contribution in [0.2, 0.25) is 0 Å². The van der Waals surface area contributed by atoms with E-state index in [2.05, 4.69) is 22.2 Å². The average molecular weight is 293 g/mol. The highest BCUT2D eigenvalue weighted by Crippen LogP contribution is 2.11. The molecule has 0 saturated heterocycles. The van der Waals surface area contributed by atoms with Gasteiger partial charge in [0, 0.05) is 11.6 Å². The van der Waals surface area contributed by atoms with Gasteiger partial charge < -0.3 is 17.1 Å². The molecule has 1 amide bonds. The summed E-state index contributed by atoms with van der Waals surface area (Å²) in [4.78, 5) is 11.3. The first kappa shape index (κ1) is 16.0. The highest BCUT2D eigenvalue weighted by Gasteiger charge is 2.10. The van der Waals surface area contributed by atoms with Crippen molar-refractivity contribution < 1.29 is 26.5 Å². The number of aryl methyl sites for hydroxylation is 1. The van der Waals surface area contributed by atoms with Gasteiger partial charge in [-0.3, -0.25) is 5.32 Å². The average Bonchev–Trinajstić information content (AvgIpc) is 2.43. The Hall–Kier alpha value is -2.07. The van der Waals surface area contributed by atoms with Crippen molar-refractivity contribution in [1.29, 1.82) is 0 Å². The number of nitrogens with one attached hydrogen (secondary N) is 1. The molecule has 0 bridgehead atoms. The molecular weight excluding hydrogens is 276 g/mol. The van der Waals surface area contributed by atoms with E-state index in [0.29, 0.717) is 0 Å². The van der Waals surface area contributed by atoms with Gasteiger partial charge in [-0.25, -0.2) is 4.79 Å². The van der Waals surface area contributed by atoms with Crippen molar-refractivity contribution >= 4 is 11.8 Å². The van der Waals surface area contributed by atoms with E-state index in [-0.39, 0.29) is 12.4 Å². The summed E-state index contributed by atoms with van der Waals surface area (Å²) >= 11 is 0. The molecule has 1 N–H and O–H groups in total. The van der Waals surface area contributed by atoms with E-state index in [1.54, 1.807) is 0 Å². The Bertz CT molecular complexity index is 573. The summed E-state index contributed by atoms with van der Waals surface area (Å²) < 4.78 is 6.63. The van der Waals surface area contributed by atoms with Crippen LogP contribution >= 0.6 is 0 Å². The number of ether oxygens (including phenoxy) is 1. The molecule has 2 aromatic rings. The summed E-state index contributed by atoms with van der Waals surface area (Å²) in [6.07, 6.45) is 3.44. The number of hydrogen-bond donors (Lipinski definition) is 1. The second-order valence-electron chi connectivity index (χ2n) is 4.32. The Morgan fingerprint density at radius 1 is 1.25 bits per heavy atom. The first-order chi connectivity index (χ1) is 9.19. The Morgan fingerprint density at radius 3 is 2.60 bits per heavy atom. The topological polar surface area (TPSA) is 42.2 Å². The number of methoxy groups -OCH3 is 1. The third-order valence-corrected chi connectivity index (χ3v) is 2.87. The number of pyridine rings is 1. The van der Waals surface area contributed by atoms with Gasteiger partial charge in [0.25, 0.3) is 0 Å². The van der Waals surface area contributed by atoms with Gasteiger partial charge in [-0.15, -0.1) is 0 Å². The lowest BCUT2D eigenvalue weighted by molar-refractivity contribution is -0.687. The molecule has 0 saturated carbocycles. The van der Waals surface area contributed by atoms with E-state index in [9.17, 15) is 4.79 Å². The molecule has 0 spiro atoms. The summed E-state index contributed by atoms with van der Waals surface area (Å²) in [5.74, 6) is 0. The molecule has 0 aliphatic carbocycles. The largest absolute Gasteiger partial charge is 1.00 e.